The van der Waals surface area contributed by atoms with Gasteiger partial charge in [-0.05, 0) is 65.7 Å². The molecule has 0 saturated heterocycles. The minimum absolute atomic E-state index is 0.167. The van der Waals surface area contributed by atoms with Crippen molar-refractivity contribution < 1.29 is 18.7 Å². The Bertz CT molecular complexity index is 1560. The molecular formula is C29H23BrN2O4. The van der Waals surface area contributed by atoms with Crippen LogP contribution in [0.4, 0.5) is 0 Å². The van der Waals surface area contributed by atoms with Crippen molar-refractivity contribution in [3.05, 3.63) is 106 Å². The number of furan rings is 1. The van der Waals surface area contributed by atoms with Gasteiger partial charge in [-0.25, -0.2) is 5.43 Å². The number of carbonyl (C=O) groups is 1. The van der Waals surface area contributed by atoms with Gasteiger partial charge in [0.15, 0.2) is 5.76 Å². The molecule has 0 spiro atoms. The van der Waals surface area contributed by atoms with Crippen molar-refractivity contribution in [2.45, 2.75) is 13.5 Å². The molecule has 0 aliphatic heterocycles. The number of rotatable bonds is 8. The van der Waals surface area contributed by atoms with E-state index in [9.17, 15) is 4.79 Å². The molecule has 6 nitrogen and oxygen atoms in total. The monoisotopic (exact) mass is 542 g/mol. The number of benzene rings is 4. The highest BCUT2D eigenvalue weighted by atomic mass is 79.9. The Kier molecular flexibility index (Phi) is 7.00. The van der Waals surface area contributed by atoms with Crippen LogP contribution in [0.2, 0.25) is 0 Å². The van der Waals surface area contributed by atoms with Crippen LogP contribution in [0.1, 0.15) is 28.6 Å². The van der Waals surface area contributed by atoms with Crippen molar-refractivity contribution in [1.29, 1.82) is 0 Å². The Labute approximate surface area is 216 Å². The minimum atomic E-state index is -0.446. The van der Waals surface area contributed by atoms with Crippen molar-refractivity contribution in [3.8, 4) is 11.5 Å². The van der Waals surface area contributed by atoms with Crippen LogP contribution in [-0.4, -0.2) is 18.7 Å². The zero-order valence-electron chi connectivity index (χ0n) is 19.5. The molecule has 0 atom stereocenters. The Morgan fingerprint density at radius 1 is 0.972 bits per heavy atom. The van der Waals surface area contributed by atoms with Crippen LogP contribution in [0.25, 0.3) is 21.7 Å². The number of hydrazone groups is 1. The zero-order valence-corrected chi connectivity index (χ0v) is 21.1. The third-order valence-corrected chi connectivity index (χ3v) is 6.15. The highest BCUT2D eigenvalue weighted by molar-refractivity contribution is 9.10. The Hall–Kier alpha value is -4.10. The molecule has 0 bridgehead atoms. The van der Waals surface area contributed by atoms with Crippen LogP contribution >= 0.6 is 15.9 Å². The number of hydrogen-bond acceptors (Lipinski definition) is 5. The van der Waals surface area contributed by atoms with Crippen molar-refractivity contribution in [2.75, 3.05) is 6.61 Å². The summed E-state index contributed by atoms with van der Waals surface area (Å²) in [5, 5.41) is 7.02. The summed E-state index contributed by atoms with van der Waals surface area (Å²) in [6.07, 6.45) is 1.60. The van der Waals surface area contributed by atoms with Gasteiger partial charge in [0.25, 0.3) is 0 Å². The average Bonchev–Trinajstić information content (AvgIpc) is 3.33. The maximum atomic E-state index is 12.7. The van der Waals surface area contributed by atoms with Gasteiger partial charge in [0.2, 0.25) is 0 Å². The van der Waals surface area contributed by atoms with Crippen LogP contribution < -0.4 is 14.9 Å². The van der Waals surface area contributed by atoms with Crippen molar-refractivity contribution in [3.63, 3.8) is 0 Å². The standard InChI is InChI=1S/C29H23BrN2O4/c1-2-34-23-12-14-26-21(15-23)16-28(36-26)29(33)32-31-17-25-24-6-4-3-5-20(24)9-13-27(25)35-18-19-7-10-22(30)11-8-19/h3-17H,2,18H2,1H3,(H,32,33)/b31-17+. The zero-order chi connectivity index (χ0) is 24.9. The van der Waals surface area contributed by atoms with Gasteiger partial charge < -0.3 is 13.9 Å². The first kappa shape index (κ1) is 23.6. The molecule has 0 saturated carbocycles. The van der Waals surface area contributed by atoms with E-state index in [1.807, 2.05) is 79.7 Å². The summed E-state index contributed by atoms with van der Waals surface area (Å²) in [6, 6.07) is 27.0. The van der Waals surface area contributed by atoms with Gasteiger partial charge in [0.1, 0.15) is 23.7 Å². The smallest absolute Gasteiger partial charge is 0.307 e. The lowest BCUT2D eigenvalue weighted by Gasteiger charge is -2.12. The van der Waals surface area contributed by atoms with E-state index in [0.717, 1.165) is 37.5 Å². The fourth-order valence-electron chi connectivity index (χ4n) is 3.88. The number of ether oxygens (including phenoxy) is 2. The van der Waals surface area contributed by atoms with E-state index in [4.69, 9.17) is 13.9 Å². The third kappa shape index (κ3) is 5.26. The summed E-state index contributed by atoms with van der Waals surface area (Å²) in [6.45, 7) is 2.89. The van der Waals surface area contributed by atoms with Crippen LogP contribution in [-0.2, 0) is 6.61 Å². The second kappa shape index (κ2) is 10.7. The number of nitrogens with one attached hydrogen (secondary N) is 1. The number of amides is 1. The molecule has 1 heterocycles. The maximum absolute atomic E-state index is 12.7. The van der Waals surface area contributed by atoms with Gasteiger partial charge in [-0.2, -0.15) is 5.10 Å². The minimum Gasteiger partial charge on any atom is -0.494 e. The second-order valence-electron chi connectivity index (χ2n) is 8.06. The van der Waals surface area contributed by atoms with E-state index in [1.165, 1.54) is 0 Å². The summed E-state index contributed by atoms with van der Waals surface area (Å²) >= 11 is 3.45. The molecule has 4 aromatic carbocycles. The first-order valence-electron chi connectivity index (χ1n) is 11.5. The fraction of sp³-hybridized carbons (Fsp3) is 0.103. The fourth-order valence-corrected chi connectivity index (χ4v) is 4.14. The van der Waals surface area contributed by atoms with Crippen molar-refractivity contribution in [2.24, 2.45) is 5.10 Å². The average molecular weight is 543 g/mol. The summed E-state index contributed by atoms with van der Waals surface area (Å²) in [7, 11) is 0. The third-order valence-electron chi connectivity index (χ3n) is 5.62. The second-order valence-corrected chi connectivity index (χ2v) is 8.97. The molecule has 0 aliphatic carbocycles. The molecule has 0 aliphatic rings. The van der Waals surface area contributed by atoms with Gasteiger partial charge in [-0.1, -0.05) is 58.4 Å². The van der Waals surface area contributed by atoms with Crippen LogP contribution in [0.3, 0.4) is 0 Å². The Morgan fingerprint density at radius 2 is 1.81 bits per heavy atom. The summed E-state index contributed by atoms with van der Waals surface area (Å²) in [5.74, 6) is 1.11. The molecule has 0 unspecified atom stereocenters. The van der Waals surface area contributed by atoms with E-state index in [1.54, 1.807) is 18.3 Å². The van der Waals surface area contributed by atoms with E-state index >= 15 is 0 Å². The van der Waals surface area contributed by atoms with Crippen molar-refractivity contribution >= 4 is 49.8 Å². The van der Waals surface area contributed by atoms with Gasteiger partial charge in [-0.3, -0.25) is 4.79 Å². The Morgan fingerprint density at radius 3 is 2.64 bits per heavy atom. The lowest BCUT2D eigenvalue weighted by molar-refractivity contribution is 0.0929. The van der Waals surface area contributed by atoms with Crippen LogP contribution in [0.15, 0.2) is 98.9 Å². The topological polar surface area (TPSA) is 73.1 Å². The molecule has 1 amide bonds. The van der Waals surface area contributed by atoms with Crippen LogP contribution in [0, 0.1) is 0 Å². The summed E-state index contributed by atoms with van der Waals surface area (Å²) in [4.78, 5) is 12.7. The van der Waals surface area contributed by atoms with Gasteiger partial charge in [0.05, 0.1) is 12.8 Å². The van der Waals surface area contributed by atoms with Gasteiger partial charge in [0, 0.05) is 15.4 Å². The molecule has 1 N–H and O–H groups in total. The lowest BCUT2D eigenvalue weighted by Crippen LogP contribution is -2.16. The molecule has 7 heteroatoms. The summed E-state index contributed by atoms with van der Waals surface area (Å²) in [5.41, 5.74) is 4.98. The number of fused-ring (bicyclic) bond motifs is 2. The molecule has 0 fully saturated rings. The van der Waals surface area contributed by atoms with E-state index in [0.29, 0.717) is 24.5 Å². The molecule has 1 aromatic heterocycles. The maximum Gasteiger partial charge on any atom is 0.307 e. The predicted octanol–water partition coefficient (Wildman–Crippen LogP) is 7.09. The highest BCUT2D eigenvalue weighted by Crippen LogP contribution is 2.28. The number of halogens is 1. The normalized spacial score (nSPS) is 11.3. The largest absolute Gasteiger partial charge is 0.494 e. The molecule has 180 valence electrons. The first-order chi connectivity index (χ1) is 17.6. The molecule has 5 rings (SSSR count). The predicted molar refractivity (Wildman–Crippen MR) is 145 cm³/mol. The molecule has 36 heavy (non-hydrogen) atoms. The van der Waals surface area contributed by atoms with Gasteiger partial charge >= 0.3 is 5.91 Å². The van der Waals surface area contributed by atoms with E-state index in [2.05, 4.69) is 26.5 Å². The SMILES string of the molecule is CCOc1ccc2oc(C(=O)N/N=C/c3c(OCc4ccc(Br)cc4)ccc4ccccc34)cc2c1. The molecular weight excluding hydrogens is 520 g/mol. The first-order valence-corrected chi connectivity index (χ1v) is 12.3. The molecule has 0 radical (unpaired) electrons. The van der Waals surface area contributed by atoms with Gasteiger partial charge in [-0.15, -0.1) is 0 Å². The molecule has 5 aromatic rings. The Balaban J connectivity index is 1.36. The van der Waals surface area contributed by atoms with Crippen LogP contribution in [0.5, 0.6) is 11.5 Å². The number of carbonyl (C=O) groups excluding carboxylic acids is 1. The van der Waals surface area contributed by atoms with E-state index in [-0.39, 0.29) is 5.76 Å². The highest BCUT2D eigenvalue weighted by Gasteiger charge is 2.13. The number of nitrogens with zero attached hydrogens (tertiary/aromatic N) is 1. The van der Waals surface area contributed by atoms with E-state index < -0.39 is 5.91 Å². The lowest BCUT2D eigenvalue weighted by atomic mass is 10.0. The summed E-state index contributed by atoms with van der Waals surface area (Å²) < 4.78 is 18.4. The van der Waals surface area contributed by atoms with Crippen molar-refractivity contribution in [1.82, 2.24) is 5.43 Å². The quantitative estimate of drug-likeness (QED) is 0.168. The number of hydrogen-bond donors (Lipinski definition) is 1.